The van der Waals surface area contributed by atoms with E-state index in [0.29, 0.717) is 18.4 Å². The molecule has 0 heterocycles. The molecule has 1 aliphatic carbocycles. The minimum absolute atomic E-state index is 0.153. The zero-order valence-electron chi connectivity index (χ0n) is 9.99. The third-order valence-electron chi connectivity index (χ3n) is 2.95. The smallest absolute Gasteiger partial charge is 0.224 e. The standard InChI is InChI=1S/C14H19NO/c1-10(2)12-5-3-11(4-6-12)9-14(16)15-13-7-8-13/h3-6,10,13H,7-9H2,1-2H3,(H,15,16). The molecule has 1 fully saturated rings. The summed E-state index contributed by atoms with van der Waals surface area (Å²) in [5.41, 5.74) is 2.42. The SMILES string of the molecule is CC(C)c1ccc(CC(=O)NC2CC2)cc1. The van der Waals surface area contributed by atoms with Crippen LogP contribution in [0.2, 0.25) is 0 Å². The predicted octanol–water partition coefficient (Wildman–Crippen LogP) is 2.63. The highest BCUT2D eigenvalue weighted by Gasteiger charge is 2.22. The predicted molar refractivity (Wildman–Crippen MR) is 65.4 cm³/mol. The molecule has 0 aromatic heterocycles. The van der Waals surface area contributed by atoms with Crippen LogP contribution >= 0.6 is 0 Å². The van der Waals surface area contributed by atoms with Gasteiger partial charge in [0.15, 0.2) is 0 Å². The molecule has 0 spiro atoms. The van der Waals surface area contributed by atoms with Gasteiger partial charge in [0.05, 0.1) is 6.42 Å². The van der Waals surface area contributed by atoms with E-state index in [1.807, 2.05) is 0 Å². The van der Waals surface area contributed by atoms with Crippen LogP contribution in [0, 0.1) is 0 Å². The molecule has 1 aromatic carbocycles. The lowest BCUT2D eigenvalue weighted by Gasteiger charge is -2.07. The van der Waals surface area contributed by atoms with Crippen molar-refractivity contribution in [3.63, 3.8) is 0 Å². The van der Waals surface area contributed by atoms with Gasteiger partial charge in [0.25, 0.3) is 0 Å². The molecule has 86 valence electrons. The summed E-state index contributed by atoms with van der Waals surface area (Å²) in [7, 11) is 0. The van der Waals surface area contributed by atoms with Gasteiger partial charge < -0.3 is 5.32 Å². The maximum Gasteiger partial charge on any atom is 0.224 e. The summed E-state index contributed by atoms with van der Waals surface area (Å²) in [6.45, 7) is 4.35. The maximum absolute atomic E-state index is 11.6. The first-order valence-electron chi connectivity index (χ1n) is 6.03. The Bertz CT molecular complexity index is 363. The summed E-state index contributed by atoms with van der Waals surface area (Å²) < 4.78 is 0. The van der Waals surface area contributed by atoms with Gasteiger partial charge in [-0.2, -0.15) is 0 Å². The van der Waals surface area contributed by atoms with Crippen LogP contribution in [0.15, 0.2) is 24.3 Å². The Morgan fingerprint density at radius 2 is 1.94 bits per heavy atom. The van der Waals surface area contributed by atoms with Crippen LogP contribution < -0.4 is 5.32 Å². The minimum atomic E-state index is 0.153. The molecule has 1 aromatic rings. The zero-order chi connectivity index (χ0) is 11.5. The summed E-state index contributed by atoms with van der Waals surface area (Å²) in [5, 5.41) is 3.00. The van der Waals surface area contributed by atoms with Gasteiger partial charge in [-0.25, -0.2) is 0 Å². The molecule has 0 unspecified atom stereocenters. The van der Waals surface area contributed by atoms with E-state index in [1.165, 1.54) is 5.56 Å². The lowest BCUT2D eigenvalue weighted by atomic mass is 10.0. The average Bonchev–Trinajstić information content (AvgIpc) is 3.02. The molecule has 16 heavy (non-hydrogen) atoms. The van der Waals surface area contributed by atoms with E-state index in [-0.39, 0.29) is 5.91 Å². The summed E-state index contributed by atoms with van der Waals surface area (Å²) in [5.74, 6) is 0.703. The van der Waals surface area contributed by atoms with Gasteiger partial charge in [-0.15, -0.1) is 0 Å². The summed E-state index contributed by atoms with van der Waals surface area (Å²) in [6, 6.07) is 8.81. The molecule has 0 saturated heterocycles. The second-order valence-electron chi connectivity index (χ2n) is 4.91. The van der Waals surface area contributed by atoms with Crippen LogP contribution in [0.3, 0.4) is 0 Å². The van der Waals surface area contributed by atoms with E-state index >= 15 is 0 Å². The van der Waals surface area contributed by atoms with Crippen LogP contribution in [-0.4, -0.2) is 11.9 Å². The normalized spacial score (nSPS) is 15.2. The Hall–Kier alpha value is -1.31. The Balaban J connectivity index is 1.90. The molecule has 1 aliphatic rings. The molecule has 0 atom stereocenters. The van der Waals surface area contributed by atoms with Gasteiger partial charge in [-0.3, -0.25) is 4.79 Å². The molecule has 2 rings (SSSR count). The molecular formula is C14H19NO. The van der Waals surface area contributed by atoms with Crippen molar-refractivity contribution in [2.75, 3.05) is 0 Å². The molecule has 1 N–H and O–H groups in total. The molecular weight excluding hydrogens is 198 g/mol. The molecule has 1 amide bonds. The van der Waals surface area contributed by atoms with Crippen LogP contribution in [0.1, 0.15) is 43.7 Å². The van der Waals surface area contributed by atoms with Crippen molar-refractivity contribution in [1.29, 1.82) is 0 Å². The van der Waals surface area contributed by atoms with Gasteiger partial charge in [0, 0.05) is 6.04 Å². The van der Waals surface area contributed by atoms with Crippen molar-refractivity contribution in [1.82, 2.24) is 5.32 Å². The van der Waals surface area contributed by atoms with Crippen LogP contribution in [0.25, 0.3) is 0 Å². The number of amides is 1. The summed E-state index contributed by atoms with van der Waals surface area (Å²) in [4.78, 5) is 11.6. The van der Waals surface area contributed by atoms with Crippen molar-refractivity contribution in [3.05, 3.63) is 35.4 Å². The van der Waals surface area contributed by atoms with E-state index < -0.39 is 0 Å². The third-order valence-corrected chi connectivity index (χ3v) is 2.95. The average molecular weight is 217 g/mol. The molecule has 0 aliphatic heterocycles. The van der Waals surface area contributed by atoms with Crippen LogP contribution in [-0.2, 0) is 11.2 Å². The first-order chi connectivity index (χ1) is 7.65. The molecule has 1 saturated carbocycles. The number of carbonyl (C=O) groups excluding carboxylic acids is 1. The number of nitrogens with one attached hydrogen (secondary N) is 1. The fourth-order valence-electron chi connectivity index (χ4n) is 1.71. The number of benzene rings is 1. The van der Waals surface area contributed by atoms with Gasteiger partial charge >= 0.3 is 0 Å². The molecule has 0 radical (unpaired) electrons. The fraction of sp³-hybridized carbons (Fsp3) is 0.500. The van der Waals surface area contributed by atoms with E-state index in [0.717, 1.165) is 18.4 Å². The van der Waals surface area contributed by atoms with Crippen LogP contribution in [0.4, 0.5) is 0 Å². The van der Waals surface area contributed by atoms with Crippen molar-refractivity contribution >= 4 is 5.91 Å². The summed E-state index contributed by atoms with van der Waals surface area (Å²) in [6.07, 6.45) is 2.81. The van der Waals surface area contributed by atoms with E-state index in [2.05, 4.69) is 43.4 Å². The van der Waals surface area contributed by atoms with Gasteiger partial charge in [0.1, 0.15) is 0 Å². The Morgan fingerprint density at radius 1 is 1.31 bits per heavy atom. The highest BCUT2D eigenvalue weighted by atomic mass is 16.1. The molecule has 0 bridgehead atoms. The topological polar surface area (TPSA) is 29.1 Å². The second kappa shape index (κ2) is 4.69. The highest BCUT2D eigenvalue weighted by Crippen LogP contribution is 2.19. The van der Waals surface area contributed by atoms with Gasteiger partial charge in [-0.1, -0.05) is 38.1 Å². The molecule has 2 heteroatoms. The first kappa shape index (κ1) is 11.2. The highest BCUT2D eigenvalue weighted by molar-refractivity contribution is 5.79. The maximum atomic E-state index is 11.6. The number of hydrogen-bond acceptors (Lipinski definition) is 1. The zero-order valence-corrected chi connectivity index (χ0v) is 9.99. The van der Waals surface area contributed by atoms with E-state index in [4.69, 9.17) is 0 Å². The monoisotopic (exact) mass is 217 g/mol. The van der Waals surface area contributed by atoms with E-state index in [1.54, 1.807) is 0 Å². The van der Waals surface area contributed by atoms with E-state index in [9.17, 15) is 4.79 Å². The van der Waals surface area contributed by atoms with Gasteiger partial charge in [-0.05, 0) is 29.9 Å². The van der Waals surface area contributed by atoms with Gasteiger partial charge in [0.2, 0.25) is 5.91 Å². The number of rotatable bonds is 4. The Kier molecular flexibility index (Phi) is 3.28. The van der Waals surface area contributed by atoms with Crippen molar-refractivity contribution in [3.8, 4) is 0 Å². The minimum Gasteiger partial charge on any atom is -0.353 e. The Morgan fingerprint density at radius 3 is 2.44 bits per heavy atom. The van der Waals surface area contributed by atoms with Crippen molar-refractivity contribution < 1.29 is 4.79 Å². The fourth-order valence-corrected chi connectivity index (χ4v) is 1.71. The van der Waals surface area contributed by atoms with Crippen LogP contribution in [0.5, 0.6) is 0 Å². The largest absolute Gasteiger partial charge is 0.353 e. The Labute approximate surface area is 97.1 Å². The van der Waals surface area contributed by atoms with Crippen molar-refractivity contribution in [2.45, 2.75) is 45.1 Å². The first-order valence-corrected chi connectivity index (χ1v) is 6.03. The molecule has 2 nitrogen and oxygen atoms in total. The quantitative estimate of drug-likeness (QED) is 0.825. The lowest BCUT2D eigenvalue weighted by Crippen LogP contribution is -2.26. The number of hydrogen-bond donors (Lipinski definition) is 1. The number of carbonyl (C=O) groups is 1. The second-order valence-corrected chi connectivity index (χ2v) is 4.91. The summed E-state index contributed by atoms with van der Waals surface area (Å²) >= 11 is 0. The third kappa shape index (κ3) is 3.09. The van der Waals surface area contributed by atoms with Crippen molar-refractivity contribution in [2.24, 2.45) is 0 Å². The lowest BCUT2D eigenvalue weighted by molar-refractivity contribution is -0.120.